The molecule has 0 unspecified atom stereocenters. The SMILES string of the molecule is C=CCn1c(SCc2cn3ccccc3n2)nnc1-c1csc2ccccc12. The Bertz CT molecular complexity index is 1250. The van der Waals surface area contributed by atoms with Crippen LogP contribution in [-0.2, 0) is 12.3 Å². The van der Waals surface area contributed by atoms with Crippen LogP contribution >= 0.6 is 23.1 Å². The molecule has 1 aromatic carbocycles. The quantitative estimate of drug-likeness (QED) is 0.286. The molecule has 5 rings (SSSR count). The van der Waals surface area contributed by atoms with Gasteiger partial charge in [-0.1, -0.05) is 42.1 Å². The van der Waals surface area contributed by atoms with E-state index in [1.54, 1.807) is 23.1 Å². The zero-order valence-corrected chi connectivity index (χ0v) is 16.7. The van der Waals surface area contributed by atoms with E-state index >= 15 is 0 Å². The van der Waals surface area contributed by atoms with Crippen molar-refractivity contribution < 1.29 is 0 Å². The fraction of sp³-hybridized carbons (Fsp3) is 0.0952. The molecule has 7 heteroatoms. The van der Waals surface area contributed by atoms with Crippen LogP contribution < -0.4 is 0 Å². The summed E-state index contributed by atoms with van der Waals surface area (Å²) in [5.74, 6) is 1.62. The van der Waals surface area contributed by atoms with Gasteiger partial charge in [0.2, 0.25) is 0 Å². The van der Waals surface area contributed by atoms with Gasteiger partial charge in [0.1, 0.15) is 5.65 Å². The van der Waals surface area contributed by atoms with Crippen molar-refractivity contribution >= 4 is 38.8 Å². The molecule has 0 spiro atoms. The van der Waals surface area contributed by atoms with E-state index in [0.717, 1.165) is 33.6 Å². The molecule has 28 heavy (non-hydrogen) atoms. The van der Waals surface area contributed by atoms with Crippen LogP contribution in [0.4, 0.5) is 0 Å². The standard InChI is InChI=1S/C21H17N5S2/c1-2-10-26-20(17-14-27-18-8-4-3-7-16(17)18)23-24-21(26)28-13-15-12-25-11-6-5-9-19(25)22-15/h2-9,11-12,14H,1,10,13H2. The summed E-state index contributed by atoms with van der Waals surface area (Å²) >= 11 is 3.38. The number of hydrogen-bond donors (Lipinski definition) is 0. The van der Waals surface area contributed by atoms with Crippen LogP contribution in [-0.4, -0.2) is 24.1 Å². The molecule has 0 saturated carbocycles. The monoisotopic (exact) mass is 403 g/mol. The Morgan fingerprint density at radius 3 is 2.89 bits per heavy atom. The maximum Gasteiger partial charge on any atom is 0.192 e. The van der Waals surface area contributed by atoms with Gasteiger partial charge in [0, 0.05) is 45.7 Å². The third kappa shape index (κ3) is 3.02. The molecule has 0 amide bonds. The first-order chi connectivity index (χ1) is 13.8. The van der Waals surface area contributed by atoms with Crippen LogP contribution in [0.25, 0.3) is 27.1 Å². The molecule has 5 aromatic rings. The smallest absolute Gasteiger partial charge is 0.192 e. The minimum absolute atomic E-state index is 0.667. The summed E-state index contributed by atoms with van der Waals surface area (Å²) in [7, 11) is 0. The van der Waals surface area contributed by atoms with Crippen molar-refractivity contribution in [3.05, 3.63) is 78.6 Å². The number of thioether (sulfide) groups is 1. The van der Waals surface area contributed by atoms with Gasteiger partial charge < -0.3 is 4.40 Å². The van der Waals surface area contributed by atoms with E-state index in [0.29, 0.717) is 6.54 Å². The van der Waals surface area contributed by atoms with Crippen LogP contribution in [0.15, 0.2) is 78.0 Å². The van der Waals surface area contributed by atoms with E-state index in [-0.39, 0.29) is 0 Å². The molecule has 0 aliphatic rings. The third-order valence-electron chi connectivity index (χ3n) is 4.51. The second kappa shape index (κ2) is 7.26. The Hall–Kier alpha value is -2.90. The number of benzene rings is 1. The summed E-state index contributed by atoms with van der Waals surface area (Å²) < 4.78 is 5.42. The molecule has 5 nitrogen and oxygen atoms in total. The fourth-order valence-electron chi connectivity index (χ4n) is 3.23. The molecule has 0 radical (unpaired) electrons. The van der Waals surface area contributed by atoms with Gasteiger partial charge in [-0.15, -0.1) is 28.1 Å². The van der Waals surface area contributed by atoms with E-state index in [4.69, 9.17) is 0 Å². The highest BCUT2D eigenvalue weighted by atomic mass is 32.2. The molecule has 0 fully saturated rings. The topological polar surface area (TPSA) is 48.0 Å². The Balaban J connectivity index is 1.47. The molecular formula is C21H17N5S2. The summed E-state index contributed by atoms with van der Waals surface area (Å²) in [4.78, 5) is 4.67. The first-order valence-electron chi connectivity index (χ1n) is 8.89. The molecule has 0 saturated heterocycles. The van der Waals surface area contributed by atoms with Gasteiger partial charge in [0.25, 0.3) is 0 Å². The third-order valence-corrected chi connectivity index (χ3v) is 6.48. The maximum absolute atomic E-state index is 4.67. The lowest BCUT2D eigenvalue weighted by molar-refractivity contribution is 0.731. The molecule has 4 aromatic heterocycles. The Kier molecular flexibility index (Phi) is 4.46. The summed E-state index contributed by atoms with van der Waals surface area (Å²) in [5.41, 5.74) is 3.09. The Morgan fingerprint density at radius 1 is 1.11 bits per heavy atom. The average molecular weight is 404 g/mol. The summed E-state index contributed by atoms with van der Waals surface area (Å²) in [6.07, 6.45) is 5.96. The van der Waals surface area contributed by atoms with Crippen molar-refractivity contribution in [3.63, 3.8) is 0 Å². The Labute approximate surface area is 170 Å². The number of imidazole rings is 1. The Morgan fingerprint density at radius 2 is 2.00 bits per heavy atom. The van der Waals surface area contributed by atoms with E-state index in [9.17, 15) is 0 Å². The minimum Gasteiger partial charge on any atom is -0.307 e. The van der Waals surface area contributed by atoms with Gasteiger partial charge in [0.05, 0.1) is 5.69 Å². The van der Waals surface area contributed by atoms with E-state index in [2.05, 4.69) is 62.2 Å². The predicted molar refractivity (Wildman–Crippen MR) is 116 cm³/mol. The lowest BCUT2D eigenvalue weighted by Gasteiger charge is -2.06. The molecule has 0 bridgehead atoms. The number of pyridine rings is 1. The molecular weight excluding hydrogens is 386 g/mol. The van der Waals surface area contributed by atoms with Crippen molar-refractivity contribution in [1.29, 1.82) is 0 Å². The van der Waals surface area contributed by atoms with Gasteiger partial charge in [-0.25, -0.2) is 4.98 Å². The van der Waals surface area contributed by atoms with E-state index < -0.39 is 0 Å². The molecule has 0 atom stereocenters. The molecule has 4 heterocycles. The molecule has 138 valence electrons. The van der Waals surface area contributed by atoms with E-state index in [1.165, 1.54) is 10.1 Å². The number of allylic oxidation sites excluding steroid dienone is 1. The van der Waals surface area contributed by atoms with Crippen molar-refractivity contribution in [3.8, 4) is 11.4 Å². The highest BCUT2D eigenvalue weighted by molar-refractivity contribution is 7.98. The normalized spacial score (nSPS) is 11.4. The van der Waals surface area contributed by atoms with Crippen LogP contribution in [0.2, 0.25) is 0 Å². The first-order valence-corrected chi connectivity index (χ1v) is 10.8. The van der Waals surface area contributed by atoms with Crippen LogP contribution in [0.1, 0.15) is 5.69 Å². The average Bonchev–Trinajstić information content (AvgIpc) is 3.42. The summed E-state index contributed by atoms with van der Waals surface area (Å²) in [6.45, 7) is 4.58. The van der Waals surface area contributed by atoms with Gasteiger partial charge in [0.15, 0.2) is 11.0 Å². The number of aromatic nitrogens is 5. The van der Waals surface area contributed by atoms with Crippen LogP contribution in [0, 0.1) is 0 Å². The van der Waals surface area contributed by atoms with Crippen molar-refractivity contribution in [2.24, 2.45) is 0 Å². The van der Waals surface area contributed by atoms with E-state index in [1.807, 2.05) is 34.9 Å². The number of nitrogens with zero attached hydrogens (tertiary/aromatic N) is 5. The number of hydrogen-bond acceptors (Lipinski definition) is 5. The van der Waals surface area contributed by atoms with Crippen molar-refractivity contribution in [2.75, 3.05) is 0 Å². The lowest BCUT2D eigenvalue weighted by atomic mass is 10.1. The predicted octanol–water partition coefficient (Wildman–Crippen LogP) is 5.29. The maximum atomic E-state index is 4.67. The first kappa shape index (κ1) is 17.2. The second-order valence-electron chi connectivity index (χ2n) is 6.34. The molecule has 0 aliphatic heterocycles. The lowest BCUT2D eigenvalue weighted by Crippen LogP contribution is -2.00. The highest BCUT2D eigenvalue weighted by Crippen LogP contribution is 2.34. The van der Waals surface area contributed by atoms with Crippen molar-refractivity contribution in [1.82, 2.24) is 24.1 Å². The summed E-state index contributed by atoms with van der Waals surface area (Å²) in [5, 5.41) is 13.2. The highest BCUT2D eigenvalue weighted by Gasteiger charge is 2.17. The second-order valence-corrected chi connectivity index (χ2v) is 8.19. The number of fused-ring (bicyclic) bond motifs is 2. The summed E-state index contributed by atoms with van der Waals surface area (Å²) in [6, 6.07) is 14.4. The van der Waals surface area contributed by atoms with Crippen LogP contribution in [0.5, 0.6) is 0 Å². The largest absolute Gasteiger partial charge is 0.307 e. The molecule has 0 N–H and O–H groups in total. The van der Waals surface area contributed by atoms with Crippen LogP contribution in [0.3, 0.4) is 0 Å². The molecule has 0 aliphatic carbocycles. The van der Waals surface area contributed by atoms with Crippen molar-refractivity contribution in [2.45, 2.75) is 17.5 Å². The fourth-order valence-corrected chi connectivity index (χ4v) is 5.01. The van der Waals surface area contributed by atoms with Gasteiger partial charge in [-0.2, -0.15) is 0 Å². The zero-order valence-electron chi connectivity index (χ0n) is 15.0. The van der Waals surface area contributed by atoms with Gasteiger partial charge >= 0.3 is 0 Å². The van der Waals surface area contributed by atoms with Gasteiger partial charge in [-0.05, 0) is 18.2 Å². The zero-order chi connectivity index (χ0) is 18.9. The van der Waals surface area contributed by atoms with Gasteiger partial charge in [-0.3, -0.25) is 4.57 Å². The minimum atomic E-state index is 0.667. The number of rotatable bonds is 6. The number of thiophene rings is 1.